The van der Waals surface area contributed by atoms with Gasteiger partial charge in [-0.1, -0.05) is 32.0 Å². The summed E-state index contributed by atoms with van der Waals surface area (Å²) in [7, 11) is 0. The fraction of sp³-hybridized carbons (Fsp3) is 0.400. The first-order chi connectivity index (χ1) is 15.4. The van der Waals surface area contributed by atoms with Gasteiger partial charge in [-0.2, -0.15) is 5.26 Å². The largest absolute Gasteiger partial charge is 0.490 e. The molecule has 0 aromatic heterocycles. The maximum atomic E-state index is 13.0. The molecule has 32 heavy (non-hydrogen) atoms. The number of anilines is 1. The summed E-state index contributed by atoms with van der Waals surface area (Å²) in [4.78, 5) is 27.2. The Morgan fingerprint density at radius 3 is 2.38 bits per heavy atom. The molecule has 1 unspecified atom stereocenters. The molecule has 0 bridgehead atoms. The first kappa shape index (κ1) is 24.7. The molecular weight excluding hydrogens is 408 g/mol. The van der Waals surface area contributed by atoms with Crippen molar-refractivity contribution in [3.63, 3.8) is 0 Å². The van der Waals surface area contributed by atoms with Gasteiger partial charge in [0.25, 0.3) is 5.91 Å². The lowest BCUT2D eigenvalue weighted by Gasteiger charge is -2.25. The molecule has 0 aliphatic heterocycles. The molecule has 1 amide bonds. The quantitative estimate of drug-likeness (QED) is 0.476. The number of rotatable bonds is 11. The monoisotopic (exact) mass is 438 g/mol. The molecule has 7 nitrogen and oxygen atoms in total. The number of carbonyl (C=O) groups excluding carboxylic acids is 2. The van der Waals surface area contributed by atoms with Gasteiger partial charge in [-0.05, 0) is 50.1 Å². The lowest BCUT2D eigenvalue weighted by atomic mass is 10.2. The summed E-state index contributed by atoms with van der Waals surface area (Å²) >= 11 is 0. The fourth-order valence-corrected chi connectivity index (χ4v) is 2.91. The van der Waals surface area contributed by atoms with E-state index in [1.54, 1.807) is 42.5 Å². The van der Waals surface area contributed by atoms with E-state index in [0.717, 1.165) is 0 Å². The van der Waals surface area contributed by atoms with E-state index in [-0.39, 0.29) is 18.5 Å². The van der Waals surface area contributed by atoms with E-state index in [4.69, 9.17) is 19.5 Å². The van der Waals surface area contributed by atoms with Crippen molar-refractivity contribution in [3.05, 3.63) is 54.1 Å². The number of para-hydroxylation sites is 1. The summed E-state index contributed by atoms with van der Waals surface area (Å²) in [6.07, 6.45) is -0.870. The van der Waals surface area contributed by atoms with Gasteiger partial charge in [0.15, 0.2) is 17.6 Å². The maximum absolute atomic E-state index is 13.0. The maximum Gasteiger partial charge on any atom is 0.339 e. The van der Waals surface area contributed by atoms with E-state index < -0.39 is 18.0 Å². The average Bonchev–Trinajstić information content (AvgIpc) is 2.79. The van der Waals surface area contributed by atoms with E-state index >= 15 is 0 Å². The first-order valence-electron chi connectivity index (χ1n) is 10.7. The van der Waals surface area contributed by atoms with Crippen molar-refractivity contribution in [1.82, 2.24) is 0 Å². The van der Waals surface area contributed by atoms with E-state index in [2.05, 4.69) is 0 Å². The standard InChI is InChI=1S/C25H30N2O5/c1-5-30-23-16-20(12-13-22(23)31-17-18(2)3)25(29)32-19(4)24(28)27(15-9-14-26)21-10-7-6-8-11-21/h6-8,10-13,16,18-19H,5,9,15,17H2,1-4H3. The minimum Gasteiger partial charge on any atom is -0.490 e. The van der Waals surface area contributed by atoms with Crippen molar-refractivity contribution >= 4 is 17.6 Å². The lowest BCUT2D eigenvalue weighted by molar-refractivity contribution is -0.126. The zero-order valence-electron chi connectivity index (χ0n) is 19.0. The second-order valence-corrected chi connectivity index (χ2v) is 7.58. The summed E-state index contributed by atoms with van der Waals surface area (Å²) in [5.74, 6) is 0.293. The Kier molecular flexibility index (Phi) is 9.55. The van der Waals surface area contributed by atoms with E-state index in [9.17, 15) is 9.59 Å². The van der Waals surface area contributed by atoms with Crippen LogP contribution in [0.2, 0.25) is 0 Å². The molecule has 0 aliphatic carbocycles. The molecule has 0 N–H and O–H groups in total. The fourth-order valence-electron chi connectivity index (χ4n) is 2.91. The number of amides is 1. The van der Waals surface area contributed by atoms with E-state index in [0.29, 0.717) is 36.3 Å². The van der Waals surface area contributed by atoms with Crippen LogP contribution in [0.25, 0.3) is 0 Å². The Labute approximate surface area is 189 Å². The Morgan fingerprint density at radius 1 is 1.03 bits per heavy atom. The van der Waals surface area contributed by atoms with Gasteiger partial charge < -0.3 is 19.1 Å². The van der Waals surface area contributed by atoms with E-state index in [1.807, 2.05) is 32.9 Å². The van der Waals surface area contributed by atoms with Crippen LogP contribution in [-0.2, 0) is 9.53 Å². The molecule has 2 aromatic rings. The minimum atomic E-state index is -1.03. The van der Waals surface area contributed by atoms with Crippen molar-refractivity contribution in [2.24, 2.45) is 5.92 Å². The smallest absolute Gasteiger partial charge is 0.339 e. The Morgan fingerprint density at radius 2 is 1.75 bits per heavy atom. The molecule has 170 valence electrons. The van der Waals surface area contributed by atoms with Crippen LogP contribution < -0.4 is 14.4 Å². The van der Waals surface area contributed by atoms with Gasteiger partial charge in [-0.25, -0.2) is 4.79 Å². The summed E-state index contributed by atoms with van der Waals surface area (Å²) < 4.78 is 16.8. The Bertz CT molecular complexity index is 937. The van der Waals surface area contributed by atoms with Gasteiger partial charge in [0.05, 0.1) is 31.3 Å². The highest BCUT2D eigenvalue weighted by Crippen LogP contribution is 2.29. The van der Waals surface area contributed by atoms with Gasteiger partial charge in [0.2, 0.25) is 0 Å². The number of benzene rings is 2. The lowest BCUT2D eigenvalue weighted by Crippen LogP contribution is -2.40. The highest BCUT2D eigenvalue weighted by Gasteiger charge is 2.26. The molecule has 0 aliphatic rings. The molecule has 1 atom stereocenters. The van der Waals surface area contributed by atoms with Crippen molar-refractivity contribution in [2.45, 2.75) is 40.2 Å². The van der Waals surface area contributed by atoms with Crippen LogP contribution in [0.4, 0.5) is 5.69 Å². The predicted molar refractivity (Wildman–Crippen MR) is 122 cm³/mol. The first-order valence-corrected chi connectivity index (χ1v) is 10.7. The second kappa shape index (κ2) is 12.4. The van der Waals surface area contributed by atoms with Crippen LogP contribution in [0.15, 0.2) is 48.5 Å². The van der Waals surface area contributed by atoms with Crippen LogP contribution in [0.1, 0.15) is 44.5 Å². The summed E-state index contributed by atoms with van der Waals surface area (Å²) in [6, 6.07) is 15.8. The van der Waals surface area contributed by atoms with Crippen molar-refractivity contribution in [1.29, 1.82) is 5.26 Å². The van der Waals surface area contributed by atoms with E-state index in [1.165, 1.54) is 11.8 Å². The summed E-state index contributed by atoms with van der Waals surface area (Å²) in [5, 5.41) is 8.94. The summed E-state index contributed by atoms with van der Waals surface area (Å²) in [6.45, 7) is 8.59. The van der Waals surface area contributed by atoms with Crippen LogP contribution in [0, 0.1) is 17.2 Å². The molecule has 2 aromatic carbocycles. The predicted octanol–water partition coefficient (Wildman–Crippen LogP) is 4.61. The van der Waals surface area contributed by atoms with Gasteiger partial charge in [-0.15, -0.1) is 0 Å². The third-order valence-corrected chi connectivity index (χ3v) is 4.46. The van der Waals surface area contributed by atoms with Crippen LogP contribution in [0.5, 0.6) is 11.5 Å². The molecule has 0 saturated heterocycles. The molecule has 0 fully saturated rings. The van der Waals surface area contributed by atoms with Gasteiger partial charge >= 0.3 is 5.97 Å². The topological polar surface area (TPSA) is 88.9 Å². The molecule has 2 rings (SSSR count). The zero-order chi connectivity index (χ0) is 23.5. The summed E-state index contributed by atoms with van der Waals surface area (Å²) in [5.41, 5.74) is 0.897. The average molecular weight is 439 g/mol. The van der Waals surface area contributed by atoms with Crippen LogP contribution in [0.3, 0.4) is 0 Å². The Balaban J connectivity index is 2.15. The number of hydrogen-bond acceptors (Lipinski definition) is 6. The third-order valence-electron chi connectivity index (χ3n) is 4.46. The number of carbonyl (C=O) groups is 2. The highest BCUT2D eigenvalue weighted by molar-refractivity contribution is 5.99. The normalized spacial score (nSPS) is 11.4. The second-order valence-electron chi connectivity index (χ2n) is 7.58. The minimum absolute atomic E-state index is 0.164. The third kappa shape index (κ3) is 7.02. The van der Waals surface area contributed by atoms with Gasteiger partial charge in [-0.3, -0.25) is 4.79 Å². The van der Waals surface area contributed by atoms with Crippen LogP contribution in [-0.4, -0.2) is 37.7 Å². The molecule has 0 radical (unpaired) electrons. The van der Waals surface area contributed by atoms with Gasteiger partial charge in [0, 0.05) is 12.2 Å². The number of ether oxygens (including phenoxy) is 3. The van der Waals surface area contributed by atoms with Crippen molar-refractivity contribution < 1.29 is 23.8 Å². The molecule has 0 spiro atoms. The van der Waals surface area contributed by atoms with Crippen molar-refractivity contribution in [3.8, 4) is 17.6 Å². The highest BCUT2D eigenvalue weighted by atomic mass is 16.5. The number of nitrogens with zero attached hydrogens (tertiary/aromatic N) is 2. The SMILES string of the molecule is CCOc1cc(C(=O)OC(C)C(=O)N(CCC#N)c2ccccc2)ccc1OCC(C)C. The van der Waals surface area contributed by atoms with Crippen molar-refractivity contribution in [2.75, 3.05) is 24.7 Å². The Hall–Kier alpha value is -3.53. The number of esters is 1. The van der Waals surface area contributed by atoms with Crippen LogP contribution >= 0.6 is 0 Å². The molecule has 7 heteroatoms. The van der Waals surface area contributed by atoms with Gasteiger partial charge in [0.1, 0.15) is 0 Å². The number of nitriles is 1. The number of hydrogen-bond donors (Lipinski definition) is 0. The molecular formula is C25H30N2O5. The zero-order valence-corrected chi connectivity index (χ0v) is 19.0. The molecule has 0 saturated carbocycles. The molecule has 0 heterocycles.